The SMILES string of the molecule is CN1CC[C@H](CNC(=O)N2CCN(C(=O)c3ccccc3)c3ccccc32)C1. The zero-order chi connectivity index (χ0) is 19.5. The van der Waals surface area contributed by atoms with Crippen molar-refractivity contribution in [3.8, 4) is 0 Å². The smallest absolute Gasteiger partial charge is 0.322 e. The molecule has 1 saturated heterocycles. The van der Waals surface area contributed by atoms with Crippen LogP contribution in [0.25, 0.3) is 0 Å². The molecule has 0 bridgehead atoms. The topological polar surface area (TPSA) is 55.9 Å². The van der Waals surface area contributed by atoms with Crippen molar-refractivity contribution in [3.05, 3.63) is 60.2 Å². The van der Waals surface area contributed by atoms with E-state index in [4.69, 9.17) is 0 Å². The predicted molar refractivity (Wildman–Crippen MR) is 111 cm³/mol. The number of nitrogens with one attached hydrogen (secondary N) is 1. The molecule has 2 aliphatic rings. The van der Waals surface area contributed by atoms with Crippen LogP contribution in [0, 0.1) is 5.92 Å². The lowest BCUT2D eigenvalue weighted by atomic mass is 10.1. The van der Waals surface area contributed by atoms with Gasteiger partial charge in [0.25, 0.3) is 5.91 Å². The van der Waals surface area contributed by atoms with Gasteiger partial charge in [-0.05, 0) is 50.2 Å². The maximum Gasteiger partial charge on any atom is 0.322 e. The highest BCUT2D eigenvalue weighted by atomic mass is 16.2. The van der Waals surface area contributed by atoms with Crippen molar-refractivity contribution in [2.75, 3.05) is 49.6 Å². The highest BCUT2D eigenvalue weighted by Crippen LogP contribution is 2.33. The number of urea groups is 1. The predicted octanol–water partition coefficient (Wildman–Crippen LogP) is 2.81. The van der Waals surface area contributed by atoms with Crippen LogP contribution in [0.3, 0.4) is 0 Å². The third kappa shape index (κ3) is 3.73. The molecule has 0 saturated carbocycles. The highest BCUT2D eigenvalue weighted by molar-refractivity contribution is 6.10. The fourth-order valence-corrected chi connectivity index (χ4v) is 4.04. The van der Waals surface area contributed by atoms with Crippen molar-refractivity contribution in [3.63, 3.8) is 0 Å². The Kier molecular flexibility index (Phi) is 5.30. The molecule has 0 aromatic heterocycles. The van der Waals surface area contributed by atoms with Gasteiger partial charge in [0.1, 0.15) is 0 Å². The van der Waals surface area contributed by atoms with Crippen molar-refractivity contribution < 1.29 is 9.59 Å². The van der Waals surface area contributed by atoms with Crippen LogP contribution in [0.1, 0.15) is 16.8 Å². The molecule has 6 nitrogen and oxygen atoms in total. The molecule has 0 radical (unpaired) electrons. The zero-order valence-corrected chi connectivity index (χ0v) is 16.2. The summed E-state index contributed by atoms with van der Waals surface area (Å²) in [5.74, 6) is 0.465. The van der Waals surface area contributed by atoms with E-state index >= 15 is 0 Å². The van der Waals surface area contributed by atoms with Gasteiger partial charge in [0.2, 0.25) is 0 Å². The largest absolute Gasteiger partial charge is 0.337 e. The molecule has 0 aliphatic carbocycles. The molecule has 1 fully saturated rings. The molecular formula is C22H26N4O2. The molecule has 2 aromatic carbocycles. The minimum atomic E-state index is -0.0891. The van der Waals surface area contributed by atoms with Crippen LogP contribution in [0.5, 0.6) is 0 Å². The number of para-hydroxylation sites is 2. The molecule has 0 spiro atoms. The van der Waals surface area contributed by atoms with E-state index in [1.165, 1.54) is 0 Å². The standard InChI is InChI=1S/C22H26N4O2/c1-24-12-11-17(16-24)15-23-22(28)26-14-13-25(19-9-5-6-10-20(19)26)21(27)18-7-3-2-4-8-18/h2-10,17H,11-16H2,1H3,(H,23,28)/t17-/m1/s1. The lowest BCUT2D eigenvalue weighted by Gasteiger charge is -2.36. The number of amides is 3. The van der Waals surface area contributed by atoms with E-state index in [0.29, 0.717) is 31.1 Å². The van der Waals surface area contributed by atoms with E-state index in [1.807, 2.05) is 54.6 Å². The fraction of sp³-hybridized carbons (Fsp3) is 0.364. The molecule has 6 heteroatoms. The number of fused-ring (bicyclic) bond motifs is 1. The molecule has 4 rings (SSSR count). The number of anilines is 2. The summed E-state index contributed by atoms with van der Waals surface area (Å²) in [7, 11) is 2.11. The number of hydrogen-bond acceptors (Lipinski definition) is 3. The monoisotopic (exact) mass is 378 g/mol. The van der Waals surface area contributed by atoms with Gasteiger partial charge >= 0.3 is 6.03 Å². The Labute approximate surface area is 165 Å². The number of benzene rings is 2. The van der Waals surface area contributed by atoms with Gasteiger partial charge in [-0.15, -0.1) is 0 Å². The molecule has 0 unspecified atom stereocenters. The Morgan fingerprint density at radius 1 is 0.929 bits per heavy atom. The normalized spacial score (nSPS) is 19.4. The fourth-order valence-electron chi connectivity index (χ4n) is 4.04. The Balaban J connectivity index is 1.49. The number of likely N-dealkylation sites (tertiary alicyclic amines) is 1. The van der Waals surface area contributed by atoms with Crippen molar-refractivity contribution in [1.82, 2.24) is 10.2 Å². The van der Waals surface area contributed by atoms with Gasteiger partial charge in [-0.2, -0.15) is 0 Å². The van der Waals surface area contributed by atoms with Crippen molar-refractivity contribution in [1.29, 1.82) is 0 Å². The molecule has 2 aliphatic heterocycles. The summed E-state index contributed by atoms with van der Waals surface area (Å²) >= 11 is 0. The number of carbonyl (C=O) groups is 2. The van der Waals surface area contributed by atoms with E-state index in [-0.39, 0.29) is 11.9 Å². The van der Waals surface area contributed by atoms with E-state index in [1.54, 1.807) is 9.80 Å². The Morgan fingerprint density at radius 2 is 1.57 bits per heavy atom. The van der Waals surface area contributed by atoms with E-state index in [2.05, 4.69) is 17.3 Å². The second-order valence-electron chi connectivity index (χ2n) is 7.57. The quantitative estimate of drug-likeness (QED) is 0.894. The number of nitrogens with zero attached hydrogens (tertiary/aromatic N) is 3. The van der Waals surface area contributed by atoms with E-state index < -0.39 is 0 Å². The summed E-state index contributed by atoms with van der Waals surface area (Å²) in [5.41, 5.74) is 2.21. The lowest BCUT2D eigenvalue weighted by Crippen LogP contribution is -2.50. The zero-order valence-electron chi connectivity index (χ0n) is 16.2. The van der Waals surface area contributed by atoms with E-state index in [0.717, 1.165) is 30.9 Å². The first-order valence-corrected chi connectivity index (χ1v) is 9.83. The van der Waals surface area contributed by atoms with Crippen LogP contribution >= 0.6 is 0 Å². The lowest BCUT2D eigenvalue weighted by molar-refractivity contribution is 0.0986. The second-order valence-corrected chi connectivity index (χ2v) is 7.57. The van der Waals surface area contributed by atoms with Crippen LogP contribution in [-0.2, 0) is 0 Å². The molecule has 1 atom stereocenters. The second kappa shape index (κ2) is 8.02. The molecule has 1 N–H and O–H groups in total. The molecule has 146 valence electrons. The maximum atomic E-state index is 13.0. The number of hydrogen-bond donors (Lipinski definition) is 1. The summed E-state index contributed by atoms with van der Waals surface area (Å²) in [4.78, 5) is 31.6. The van der Waals surface area contributed by atoms with Crippen LogP contribution in [0.15, 0.2) is 54.6 Å². The van der Waals surface area contributed by atoms with Gasteiger partial charge in [0, 0.05) is 31.7 Å². The molecule has 3 amide bonds. The average Bonchev–Trinajstić information content (AvgIpc) is 3.16. The third-order valence-corrected chi connectivity index (χ3v) is 5.55. The third-order valence-electron chi connectivity index (χ3n) is 5.55. The van der Waals surface area contributed by atoms with Crippen LogP contribution in [0.2, 0.25) is 0 Å². The number of carbonyl (C=O) groups excluding carboxylic acids is 2. The summed E-state index contributed by atoms with van der Waals surface area (Å²) in [6, 6.07) is 16.8. The Morgan fingerprint density at radius 3 is 2.25 bits per heavy atom. The average molecular weight is 378 g/mol. The summed E-state index contributed by atoms with van der Waals surface area (Å²) in [5, 5.41) is 3.09. The van der Waals surface area contributed by atoms with Gasteiger partial charge < -0.3 is 15.1 Å². The Bertz CT molecular complexity index is 855. The van der Waals surface area contributed by atoms with Gasteiger partial charge in [0.15, 0.2) is 0 Å². The summed E-state index contributed by atoms with van der Waals surface area (Å²) < 4.78 is 0. The molecule has 2 aromatic rings. The van der Waals surface area contributed by atoms with Gasteiger partial charge in [-0.3, -0.25) is 9.69 Å². The van der Waals surface area contributed by atoms with Crippen LogP contribution in [0.4, 0.5) is 16.2 Å². The summed E-state index contributed by atoms with van der Waals surface area (Å²) in [6.07, 6.45) is 1.12. The minimum Gasteiger partial charge on any atom is -0.337 e. The van der Waals surface area contributed by atoms with E-state index in [9.17, 15) is 9.59 Å². The minimum absolute atomic E-state index is 0.0397. The first-order valence-electron chi connectivity index (χ1n) is 9.83. The van der Waals surface area contributed by atoms with Gasteiger partial charge in [0.05, 0.1) is 11.4 Å². The summed E-state index contributed by atoms with van der Waals surface area (Å²) in [6.45, 7) is 3.75. The van der Waals surface area contributed by atoms with Gasteiger partial charge in [-0.1, -0.05) is 30.3 Å². The van der Waals surface area contributed by atoms with Crippen molar-refractivity contribution >= 4 is 23.3 Å². The van der Waals surface area contributed by atoms with Gasteiger partial charge in [-0.25, -0.2) is 4.79 Å². The van der Waals surface area contributed by atoms with Crippen LogP contribution in [-0.4, -0.2) is 56.6 Å². The molecular weight excluding hydrogens is 352 g/mol. The van der Waals surface area contributed by atoms with Crippen molar-refractivity contribution in [2.24, 2.45) is 5.92 Å². The highest BCUT2D eigenvalue weighted by Gasteiger charge is 2.30. The van der Waals surface area contributed by atoms with Crippen molar-refractivity contribution in [2.45, 2.75) is 6.42 Å². The first kappa shape index (κ1) is 18.5. The Hall–Kier alpha value is -2.86. The molecule has 28 heavy (non-hydrogen) atoms. The maximum absolute atomic E-state index is 13.0. The first-order chi connectivity index (χ1) is 13.6. The molecule has 2 heterocycles. The number of rotatable bonds is 3. The van der Waals surface area contributed by atoms with Crippen LogP contribution < -0.4 is 15.1 Å².